The van der Waals surface area contributed by atoms with Gasteiger partial charge in [-0.1, -0.05) is 58.9 Å². The first kappa shape index (κ1) is 16.5. The lowest BCUT2D eigenvalue weighted by molar-refractivity contribution is -0.0146. The SMILES string of the molecule is CC(C)C1CCC(O)(Cc2ccc(C(C)(C)C)cc2)CC1. The van der Waals surface area contributed by atoms with Gasteiger partial charge in [0.15, 0.2) is 0 Å². The van der Waals surface area contributed by atoms with E-state index in [4.69, 9.17) is 0 Å². The van der Waals surface area contributed by atoms with E-state index in [2.05, 4.69) is 58.9 Å². The van der Waals surface area contributed by atoms with Gasteiger partial charge in [0, 0.05) is 6.42 Å². The lowest BCUT2D eigenvalue weighted by Crippen LogP contribution is -2.37. The number of benzene rings is 1. The predicted molar refractivity (Wildman–Crippen MR) is 90.6 cm³/mol. The number of aliphatic hydroxyl groups is 1. The molecule has 21 heavy (non-hydrogen) atoms. The van der Waals surface area contributed by atoms with Crippen molar-refractivity contribution in [1.82, 2.24) is 0 Å². The average molecular weight is 288 g/mol. The van der Waals surface area contributed by atoms with Gasteiger partial charge in [-0.15, -0.1) is 0 Å². The number of rotatable bonds is 3. The van der Waals surface area contributed by atoms with E-state index >= 15 is 0 Å². The maximum absolute atomic E-state index is 10.9. The molecular weight excluding hydrogens is 256 g/mol. The second-order valence-electron chi connectivity index (χ2n) is 8.43. The lowest BCUT2D eigenvalue weighted by atomic mass is 9.72. The molecule has 1 nitrogen and oxygen atoms in total. The molecule has 0 atom stereocenters. The van der Waals surface area contributed by atoms with E-state index in [-0.39, 0.29) is 5.41 Å². The van der Waals surface area contributed by atoms with Crippen LogP contribution in [0.5, 0.6) is 0 Å². The van der Waals surface area contributed by atoms with Gasteiger partial charge in [0.2, 0.25) is 0 Å². The van der Waals surface area contributed by atoms with Crippen LogP contribution in [-0.2, 0) is 11.8 Å². The zero-order valence-electron chi connectivity index (χ0n) is 14.4. The predicted octanol–water partition coefficient (Wildman–Crippen LogP) is 5.10. The molecule has 1 saturated carbocycles. The van der Waals surface area contributed by atoms with E-state index in [0.29, 0.717) is 0 Å². The van der Waals surface area contributed by atoms with Gasteiger partial charge in [-0.2, -0.15) is 0 Å². The summed E-state index contributed by atoms with van der Waals surface area (Å²) in [6, 6.07) is 8.84. The summed E-state index contributed by atoms with van der Waals surface area (Å²) < 4.78 is 0. The Labute approximate surface area is 130 Å². The van der Waals surface area contributed by atoms with E-state index in [9.17, 15) is 5.11 Å². The summed E-state index contributed by atoms with van der Waals surface area (Å²) >= 11 is 0. The van der Waals surface area contributed by atoms with Gasteiger partial charge >= 0.3 is 0 Å². The van der Waals surface area contributed by atoms with Crippen LogP contribution in [0, 0.1) is 11.8 Å². The van der Waals surface area contributed by atoms with Gasteiger partial charge in [-0.05, 0) is 54.1 Å². The molecule has 0 aromatic heterocycles. The van der Waals surface area contributed by atoms with Gasteiger partial charge in [-0.25, -0.2) is 0 Å². The molecule has 0 bridgehead atoms. The molecule has 118 valence electrons. The highest BCUT2D eigenvalue weighted by Gasteiger charge is 2.34. The molecule has 1 heteroatoms. The molecule has 0 unspecified atom stereocenters. The first-order valence-corrected chi connectivity index (χ1v) is 8.51. The second-order valence-corrected chi connectivity index (χ2v) is 8.43. The molecule has 1 N–H and O–H groups in total. The topological polar surface area (TPSA) is 20.2 Å². The van der Waals surface area contributed by atoms with E-state index in [1.807, 2.05) is 0 Å². The second kappa shape index (κ2) is 6.12. The van der Waals surface area contributed by atoms with E-state index in [0.717, 1.165) is 31.1 Å². The minimum atomic E-state index is -0.478. The van der Waals surface area contributed by atoms with E-state index in [1.165, 1.54) is 24.0 Å². The third kappa shape index (κ3) is 4.32. The standard InChI is InChI=1S/C20H32O/c1-15(2)17-10-12-20(21,13-11-17)14-16-6-8-18(9-7-16)19(3,4)5/h6-9,15,17,21H,10-14H2,1-5H3. The average Bonchev–Trinajstić information content (AvgIpc) is 2.38. The van der Waals surface area contributed by atoms with Crippen molar-refractivity contribution in [2.45, 2.75) is 77.7 Å². The van der Waals surface area contributed by atoms with Crippen LogP contribution in [0.3, 0.4) is 0 Å². The minimum absolute atomic E-state index is 0.199. The summed E-state index contributed by atoms with van der Waals surface area (Å²) in [5.41, 5.74) is 2.36. The van der Waals surface area contributed by atoms with Gasteiger partial charge in [0.1, 0.15) is 0 Å². The molecule has 1 aliphatic rings. The normalized spacial score (nSPS) is 27.1. The Hall–Kier alpha value is -0.820. The van der Waals surface area contributed by atoms with Crippen LogP contribution in [0.2, 0.25) is 0 Å². The highest BCUT2D eigenvalue weighted by Crippen LogP contribution is 2.37. The molecule has 0 spiro atoms. The van der Waals surface area contributed by atoms with Gasteiger partial charge in [0.05, 0.1) is 5.60 Å². The smallest absolute Gasteiger partial charge is 0.0688 e. The molecule has 1 aliphatic carbocycles. The third-order valence-electron chi connectivity index (χ3n) is 5.26. The van der Waals surface area contributed by atoms with E-state index < -0.39 is 5.60 Å². The van der Waals surface area contributed by atoms with Crippen LogP contribution in [-0.4, -0.2) is 10.7 Å². The van der Waals surface area contributed by atoms with Crippen LogP contribution < -0.4 is 0 Å². The maximum Gasteiger partial charge on any atom is 0.0688 e. The molecule has 1 aromatic carbocycles. The largest absolute Gasteiger partial charge is 0.390 e. The van der Waals surface area contributed by atoms with E-state index in [1.54, 1.807) is 0 Å². The molecule has 0 radical (unpaired) electrons. The van der Waals surface area contributed by atoms with Crippen LogP contribution in [0.1, 0.15) is 71.4 Å². The summed E-state index contributed by atoms with van der Waals surface area (Å²) in [6.07, 6.45) is 5.07. The summed E-state index contributed by atoms with van der Waals surface area (Å²) in [5, 5.41) is 10.9. The summed E-state index contributed by atoms with van der Waals surface area (Å²) in [4.78, 5) is 0. The first-order valence-electron chi connectivity index (χ1n) is 8.51. The Kier molecular flexibility index (Phi) is 4.82. The molecule has 0 aliphatic heterocycles. The zero-order valence-corrected chi connectivity index (χ0v) is 14.4. The molecule has 1 aromatic rings. The summed E-state index contributed by atoms with van der Waals surface area (Å²) in [6.45, 7) is 11.3. The van der Waals surface area contributed by atoms with Crippen LogP contribution in [0.15, 0.2) is 24.3 Å². The Balaban J connectivity index is 1.98. The fourth-order valence-electron chi connectivity index (χ4n) is 3.52. The van der Waals surface area contributed by atoms with Crippen LogP contribution in [0.4, 0.5) is 0 Å². The zero-order chi connectivity index (χ0) is 15.7. The van der Waals surface area contributed by atoms with Crippen molar-refractivity contribution < 1.29 is 5.11 Å². The maximum atomic E-state index is 10.9. The Bertz CT molecular complexity index is 442. The van der Waals surface area contributed by atoms with Crippen molar-refractivity contribution in [3.8, 4) is 0 Å². The molecule has 0 amide bonds. The van der Waals surface area contributed by atoms with Crippen molar-refractivity contribution in [3.05, 3.63) is 35.4 Å². The molecule has 0 heterocycles. The minimum Gasteiger partial charge on any atom is -0.390 e. The number of hydrogen-bond donors (Lipinski definition) is 1. The Morgan fingerprint density at radius 2 is 1.62 bits per heavy atom. The monoisotopic (exact) mass is 288 g/mol. The third-order valence-corrected chi connectivity index (χ3v) is 5.26. The number of hydrogen-bond acceptors (Lipinski definition) is 1. The molecule has 2 rings (SSSR count). The van der Waals surface area contributed by atoms with Crippen molar-refractivity contribution in [1.29, 1.82) is 0 Å². The lowest BCUT2D eigenvalue weighted by Gasteiger charge is -2.37. The van der Waals surface area contributed by atoms with Gasteiger partial charge in [0.25, 0.3) is 0 Å². The van der Waals surface area contributed by atoms with Gasteiger partial charge < -0.3 is 5.11 Å². The fourth-order valence-corrected chi connectivity index (χ4v) is 3.52. The van der Waals surface area contributed by atoms with Crippen LogP contribution >= 0.6 is 0 Å². The summed E-state index contributed by atoms with van der Waals surface area (Å²) in [5.74, 6) is 1.55. The quantitative estimate of drug-likeness (QED) is 0.820. The van der Waals surface area contributed by atoms with Crippen molar-refractivity contribution >= 4 is 0 Å². The highest BCUT2D eigenvalue weighted by atomic mass is 16.3. The van der Waals surface area contributed by atoms with Crippen molar-refractivity contribution in [3.63, 3.8) is 0 Å². The first-order chi connectivity index (χ1) is 9.70. The fraction of sp³-hybridized carbons (Fsp3) is 0.700. The van der Waals surface area contributed by atoms with Crippen LogP contribution in [0.25, 0.3) is 0 Å². The molecule has 1 fully saturated rings. The van der Waals surface area contributed by atoms with Crippen molar-refractivity contribution in [2.24, 2.45) is 11.8 Å². The summed E-state index contributed by atoms with van der Waals surface area (Å²) in [7, 11) is 0. The van der Waals surface area contributed by atoms with Gasteiger partial charge in [-0.3, -0.25) is 0 Å². The highest BCUT2D eigenvalue weighted by molar-refractivity contribution is 5.28. The van der Waals surface area contributed by atoms with Crippen molar-refractivity contribution in [2.75, 3.05) is 0 Å². The Morgan fingerprint density at radius 1 is 1.10 bits per heavy atom. The molecule has 0 saturated heterocycles. The molecular formula is C20H32O. The Morgan fingerprint density at radius 3 is 2.05 bits per heavy atom.